The molecule has 0 aliphatic rings. The number of hydrogen-bond acceptors (Lipinski definition) is 8. The topological polar surface area (TPSA) is 141 Å². The maximum absolute atomic E-state index is 13.2. The van der Waals surface area contributed by atoms with Crippen LogP contribution in [0.4, 0.5) is 17.2 Å². The van der Waals surface area contributed by atoms with Crippen molar-refractivity contribution in [2.75, 3.05) is 23.5 Å². The lowest BCUT2D eigenvalue weighted by Crippen LogP contribution is -2.23. The van der Waals surface area contributed by atoms with Crippen LogP contribution in [0.2, 0.25) is 15.1 Å². The second-order valence-electron chi connectivity index (χ2n) is 7.47. The largest absolute Gasteiger partial charge is 0.493 e. The highest BCUT2D eigenvalue weighted by molar-refractivity contribution is 7.13. The Labute approximate surface area is 229 Å². The molecule has 1 aromatic carbocycles. The van der Waals surface area contributed by atoms with E-state index in [4.69, 9.17) is 45.3 Å². The van der Waals surface area contributed by atoms with Gasteiger partial charge in [-0.2, -0.15) is 4.98 Å². The lowest BCUT2D eigenvalue weighted by Gasteiger charge is -2.16. The molecule has 0 fully saturated rings. The molecule has 0 spiro atoms. The fourth-order valence-electron chi connectivity index (χ4n) is 3.28. The van der Waals surface area contributed by atoms with E-state index in [1.807, 2.05) is 0 Å². The van der Waals surface area contributed by atoms with Crippen LogP contribution in [-0.2, 0) is 6.54 Å². The van der Waals surface area contributed by atoms with Crippen molar-refractivity contribution < 1.29 is 14.3 Å². The van der Waals surface area contributed by atoms with E-state index in [1.165, 1.54) is 48.5 Å². The summed E-state index contributed by atoms with van der Waals surface area (Å²) in [7, 11) is 1.35. The SMILES string of the molecule is COc1c(Cl)ccc(C(=O)Nc2ccc(Cl)cn2)c1NC(=O)c1scc(Cn2cc(N)cnc2=O)c1Cl. The standard InChI is InChI=1S/C23H17Cl3N6O4S/c1-36-19-15(25)4-3-14(21(33)30-16-5-2-12(24)6-28-16)18(19)31-22(34)20-17(26)11(10-37-20)8-32-9-13(27)7-29-23(32)35/h2-7,9-10H,8,27H2,1H3,(H,31,34)(H,28,30,33). The van der Waals surface area contributed by atoms with Crippen molar-refractivity contribution in [1.82, 2.24) is 14.5 Å². The number of amides is 2. The molecule has 14 heteroatoms. The van der Waals surface area contributed by atoms with E-state index in [-0.39, 0.29) is 44.3 Å². The van der Waals surface area contributed by atoms with Gasteiger partial charge in [0.2, 0.25) is 0 Å². The zero-order valence-corrected chi connectivity index (χ0v) is 22.0. The van der Waals surface area contributed by atoms with E-state index in [2.05, 4.69) is 20.6 Å². The minimum Gasteiger partial charge on any atom is -0.493 e. The van der Waals surface area contributed by atoms with Crippen LogP contribution in [0, 0.1) is 0 Å². The van der Waals surface area contributed by atoms with Crippen molar-refractivity contribution in [3.63, 3.8) is 0 Å². The number of benzene rings is 1. The molecular formula is C23H17Cl3N6O4S. The number of halogens is 3. The second-order valence-corrected chi connectivity index (χ2v) is 9.58. The lowest BCUT2D eigenvalue weighted by atomic mass is 10.1. The third-order valence-electron chi connectivity index (χ3n) is 4.99. The first-order valence-electron chi connectivity index (χ1n) is 10.4. The Balaban J connectivity index is 1.63. The molecule has 0 unspecified atom stereocenters. The highest BCUT2D eigenvalue weighted by atomic mass is 35.5. The number of anilines is 3. The number of nitrogens with zero attached hydrogens (tertiary/aromatic N) is 3. The molecule has 190 valence electrons. The van der Waals surface area contributed by atoms with Crippen molar-refractivity contribution in [2.24, 2.45) is 0 Å². The van der Waals surface area contributed by atoms with E-state index in [0.29, 0.717) is 16.3 Å². The van der Waals surface area contributed by atoms with Gasteiger partial charge in [-0.25, -0.2) is 9.78 Å². The molecule has 3 aromatic heterocycles. The van der Waals surface area contributed by atoms with Crippen molar-refractivity contribution >= 4 is 75.1 Å². The summed E-state index contributed by atoms with van der Waals surface area (Å²) >= 11 is 19.7. The Morgan fingerprint density at radius 3 is 2.57 bits per heavy atom. The summed E-state index contributed by atoms with van der Waals surface area (Å²) in [6, 6.07) is 6.00. The molecule has 0 aliphatic heterocycles. The Bertz CT molecular complexity index is 1560. The number of ether oxygens (including phenoxy) is 1. The highest BCUT2D eigenvalue weighted by Crippen LogP contribution is 2.38. The van der Waals surface area contributed by atoms with Gasteiger partial charge in [-0.3, -0.25) is 14.2 Å². The van der Waals surface area contributed by atoms with Crippen LogP contribution in [0.5, 0.6) is 5.75 Å². The molecular weight excluding hydrogens is 563 g/mol. The van der Waals surface area contributed by atoms with Gasteiger partial charge in [-0.15, -0.1) is 11.3 Å². The number of methoxy groups -OCH3 is 1. The van der Waals surface area contributed by atoms with Gasteiger partial charge in [-0.05, 0) is 29.6 Å². The molecule has 0 bridgehead atoms. The van der Waals surface area contributed by atoms with E-state index >= 15 is 0 Å². The fraction of sp³-hybridized carbons (Fsp3) is 0.0870. The van der Waals surface area contributed by atoms with Gasteiger partial charge in [-0.1, -0.05) is 34.8 Å². The average Bonchev–Trinajstić information content (AvgIpc) is 3.23. The van der Waals surface area contributed by atoms with Gasteiger partial charge < -0.3 is 21.1 Å². The third-order valence-corrected chi connectivity index (χ3v) is 7.08. The van der Waals surface area contributed by atoms with Crippen LogP contribution in [0.1, 0.15) is 25.6 Å². The Morgan fingerprint density at radius 2 is 1.86 bits per heavy atom. The smallest absolute Gasteiger partial charge is 0.347 e. The molecule has 3 heterocycles. The molecule has 0 radical (unpaired) electrons. The number of thiophene rings is 1. The van der Waals surface area contributed by atoms with Crippen LogP contribution < -0.4 is 26.8 Å². The molecule has 4 rings (SSSR count). The summed E-state index contributed by atoms with van der Waals surface area (Å²) in [4.78, 5) is 46.2. The van der Waals surface area contributed by atoms with E-state index in [1.54, 1.807) is 11.4 Å². The van der Waals surface area contributed by atoms with E-state index in [0.717, 1.165) is 11.3 Å². The van der Waals surface area contributed by atoms with Crippen LogP contribution in [0.15, 0.2) is 53.0 Å². The molecule has 0 atom stereocenters. The first-order valence-corrected chi connectivity index (χ1v) is 12.4. The third kappa shape index (κ3) is 5.86. The van der Waals surface area contributed by atoms with Crippen LogP contribution in [0.3, 0.4) is 0 Å². The summed E-state index contributed by atoms with van der Waals surface area (Å²) in [5.74, 6) is -0.861. The van der Waals surface area contributed by atoms with Gasteiger partial charge in [0.1, 0.15) is 10.7 Å². The molecule has 10 nitrogen and oxygen atoms in total. The molecule has 0 saturated heterocycles. The summed E-state index contributed by atoms with van der Waals surface area (Å²) in [6.07, 6.45) is 4.06. The van der Waals surface area contributed by atoms with Crippen LogP contribution in [0.25, 0.3) is 0 Å². The summed E-state index contributed by atoms with van der Waals surface area (Å²) < 4.78 is 6.64. The average molecular weight is 580 g/mol. The number of nitrogens with two attached hydrogens (primary N) is 1. The number of rotatable bonds is 7. The zero-order chi connectivity index (χ0) is 26.7. The lowest BCUT2D eigenvalue weighted by molar-refractivity contribution is 0.102. The normalized spacial score (nSPS) is 10.7. The van der Waals surface area contributed by atoms with Crippen molar-refractivity contribution in [3.05, 3.63) is 89.8 Å². The van der Waals surface area contributed by atoms with Gasteiger partial charge >= 0.3 is 5.69 Å². The van der Waals surface area contributed by atoms with Crippen molar-refractivity contribution in [1.29, 1.82) is 0 Å². The number of pyridine rings is 1. The molecule has 0 aliphatic carbocycles. The summed E-state index contributed by atoms with van der Waals surface area (Å²) in [6.45, 7) is 0.0573. The number of carbonyl (C=O) groups excluding carboxylic acids is 2. The molecule has 2 amide bonds. The summed E-state index contributed by atoms with van der Waals surface area (Å²) in [5, 5.41) is 7.66. The number of aromatic nitrogens is 3. The van der Waals surface area contributed by atoms with Crippen LogP contribution >= 0.6 is 46.1 Å². The van der Waals surface area contributed by atoms with Gasteiger partial charge in [0.25, 0.3) is 11.8 Å². The molecule has 0 saturated carbocycles. The Kier molecular flexibility index (Phi) is 7.98. The Hall–Kier alpha value is -3.64. The Morgan fingerprint density at radius 1 is 1.08 bits per heavy atom. The zero-order valence-electron chi connectivity index (χ0n) is 18.9. The highest BCUT2D eigenvalue weighted by Gasteiger charge is 2.24. The fourth-order valence-corrected chi connectivity index (χ4v) is 4.87. The van der Waals surface area contributed by atoms with Crippen molar-refractivity contribution in [3.8, 4) is 5.75 Å². The molecule has 4 N–H and O–H groups in total. The first-order chi connectivity index (χ1) is 17.7. The minimum absolute atomic E-state index is 0.0359. The predicted octanol–water partition coefficient (Wildman–Crippen LogP) is 4.80. The van der Waals surface area contributed by atoms with Gasteiger partial charge in [0.15, 0.2) is 5.75 Å². The quantitative estimate of drug-likeness (QED) is 0.285. The summed E-state index contributed by atoms with van der Waals surface area (Å²) in [5.41, 5.74) is 6.11. The maximum Gasteiger partial charge on any atom is 0.347 e. The van der Waals surface area contributed by atoms with E-state index < -0.39 is 17.5 Å². The maximum atomic E-state index is 13.2. The number of carbonyl (C=O) groups is 2. The number of hydrogen-bond donors (Lipinski definition) is 3. The van der Waals surface area contributed by atoms with E-state index in [9.17, 15) is 14.4 Å². The molecule has 37 heavy (non-hydrogen) atoms. The first kappa shape index (κ1) is 26.4. The second kappa shape index (κ2) is 11.2. The van der Waals surface area contributed by atoms with Gasteiger partial charge in [0.05, 0.1) is 51.9 Å². The number of nitrogen functional groups attached to an aromatic ring is 1. The van der Waals surface area contributed by atoms with Crippen molar-refractivity contribution in [2.45, 2.75) is 6.54 Å². The molecule has 4 aromatic rings. The van der Waals surface area contributed by atoms with Crippen LogP contribution in [-0.4, -0.2) is 33.5 Å². The predicted molar refractivity (Wildman–Crippen MR) is 144 cm³/mol. The van der Waals surface area contributed by atoms with Gasteiger partial charge in [0, 0.05) is 18.0 Å². The number of nitrogens with one attached hydrogen (secondary N) is 2. The monoisotopic (exact) mass is 578 g/mol. The minimum atomic E-state index is -0.612.